The molecule has 16 heavy (non-hydrogen) atoms. The molecule has 2 aromatic rings. The first-order valence-corrected chi connectivity index (χ1v) is 5.48. The third kappa shape index (κ3) is 2.51. The van der Waals surface area contributed by atoms with Crippen molar-refractivity contribution in [3.8, 4) is 0 Å². The van der Waals surface area contributed by atoms with Crippen LogP contribution in [0, 0.1) is 6.92 Å². The van der Waals surface area contributed by atoms with E-state index in [4.69, 9.17) is 17.3 Å². The number of aryl methyl sites for hydroxylation is 1. The Labute approximate surface area is 107 Å². The SMILES string of the molecule is Cc1c(Cl)ccc2cc(CC(C)N)[nH]c12.Cl. The minimum Gasteiger partial charge on any atom is -0.358 e. The van der Waals surface area contributed by atoms with Gasteiger partial charge in [-0.25, -0.2) is 0 Å². The number of rotatable bonds is 2. The molecule has 1 heterocycles. The van der Waals surface area contributed by atoms with E-state index in [0.717, 1.165) is 22.5 Å². The quantitative estimate of drug-likeness (QED) is 0.852. The van der Waals surface area contributed by atoms with Crippen molar-refractivity contribution >= 4 is 34.9 Å². The van der Waals surface area contributed by atoms with Crippen LogP contribution < -0.4 is 5.73 Å². The highest BCUT2D eigenvalue weighted by Crippen LogP contribution is 2.25. The van der Waals surface area contributed by atoms with E-state index in [1.807, 2.05) is 26.0 Å². The van der Waals surface area contributed by atoms with Crippen molar-refractivity contribution in [1.82, 2.24) is 4.98 Å². The Bertz CT molecular complexity index is 489. The fourth-order valence-electron chi connectivity index (χ4n) is 1.83. The lowest BCUT2D eigenvalue weighted by Gasteiger charge is -2.01. The lowest BCUT2D eigenvalue weighted by atomic mass is 10.1. The summed E-state index contributed by atoms with van der Waals surface area (Å²) in [6, 6.07) is 6.28. The van der Waals surface area contributed by atoms with Gasteiger partial charge >= 0.3 is 0 Å². The van der Waals surface area contributed by atoms with Crippen molar-refractivity contribution in [2.45, 2.75) is 26.3 Å². The molecule has 0 bridgehead atoms. The van der Waals surface area contributed by atoms with E-state index in [1.165, 1.54) is 11.1 Å². The van der Waals surface area contributed by atoms with Crippen LogP contribution in [0.1, 0.15) is 18.2 Å². The molecule has 0 amide bonds. The van der Waals surface area contributed by atoms with Gasteiger partial charge in [-0.1, -0.05) is 17.7 Å². The molecule has 0 radical (unpaired) electrons. The van der Waals surface area contributed by atoms with Gasteiger partial charge in [0.05, 0.1) is 5.52 Å². The number of H-pyrrole nitrogens is 1. The minimum atomic E-state index is 0. The van der Waals surface area contributed by atoms with E-state index in [1.54, 1.807) is 0 Å². The van der Waals surface area contributed by atoms with Gasteiger partial charge in [0.15, 0.2) is 0 Å². The van der Waals surface area contributed by atoms with E-state index < -0.39 is 0 Å². The third-order valence-electron chi connectivity index (χ3n) is 2.59. The fourth-order valence-corrected chi connectivity index (χ4v) is 1.99. The first-order chi connectivity index (χ1) is 7.08. The summed E-state index contributed by atoms with van der Waals surface area (Å²) in [4.78, 5) is 3.37. The highest BCUT2D eigenvalue weighted by Gasteiger charge is 2.06. The van der Waals surface area contributed by atoms with Crippen LogP contribution in [0.5, 0.6) is 0 Å². The molecular formula is C12H16Cl2N2. The molecule has 4 heteroatoms. The van der Waals surface area contributed by atoms with Gasteiger partial charge in [-0.2, -0.15) is 0 Å². The van der Waals surface area contributed by atoms with E-state index in [0.29, 0.717) is 0 Å². The van der Waals surface area contributed by atoms with Gasteiger partial charge in [0.1, 0.15) is 0 Å². The number of hydrogen-bond donors (Lipinski definition) is 2. The number of hydrogen-bond acceptors (Lipinski definition) is 1. The maximum Gasteiger partial charge on any atom is 0.0500 e. The summed E-state index contributed by atoms with van der Waals surface area (Å²) in [6.45, 7) is 4.03. The first kappa shape index (κ1) is 13.4. The summed E-state index contributed by atoms with van der Waals surface area (Å²) in [5.74, 6) is 0. The molecule has 0 saturated carbocycles. The molecule has 88 valence electrons. The summed E-state index contributed by atoms with van der Waals surface area (Å²) >= 11 is 6.06. The third-order valence-corrected chi connectivity index (χ3v) is 3.00. The molecular weight excluding hydrogens is 243 g/mol. The van der Waals surface area contributed by atoms with Gasteiger partial charge in [0.25, 0.3) is 0 Å². The van der Waals surface area contributed by atoms with Gasteiger partial charge < -0.3 is 10.7 Å². The van der Waals surface area contributed by atoms with Crippen LogP contribution in [-0.2, 0) is 6.42 Å². The van der Waals surface area contributed by atoms with Crippen LogP contribution in [0.25, 0.3) is 10.9 Å². The van der Waals surface area contributed by atoms with Crippen LogP contribution in [0.15, 0.2) is 18.2 Å². The van der Waals surface area contributed by atoms with E-state index in [2.05, 4.69) is 11.1 Å². The molecule has 1 aromatic carbocycles. The second-order valence-corrected chi connectivity index (χ2v) is 4.52. The lowest BCUT2D eigenvalue weighted by Crippen LogP contribution is -2.17. The molecule has 1 atom stereocenters. The lowest BCUT2D eigenvalue weighted by molar-refractivity contribution is 0.727. The number of nitrogens with one attached hydrogen (secondary N) is 1. The Morgan fingerprint density at radius 2 is 2.12 bits per heavy atom. The Morgan fingerprint density at radius 3 is 2.75 bits per heavy atom. The zero-order chi connectivity index (χ0) is 11.0. The van der Waals surface area contributed by atoms with Crippen LogP contribution in [0.4, 0.5) is 0 Å². The van der Waals surface area contributed by atoms with Gasteiger partial charge in [-0.15, -0.1) is 12.4 Å². The molecule has 0 spiro atoms. The molecule has 0 aliphatic heterocycles. The smallest absolute Gasteiger partial charge is 0.0500 e. The molecule has 3 N–H and O–H groups in total. The normalized spacial score (nSPS) is 12.5. The fraction of sp³-hybridized carbons (Fsp3) is 0.333. The van der Waals surface area contributed by atoms with E-state index in [9.17, 15) is 0 Å². The topological polar surface area (TPSA) is 41.8 Å². The van der Waals surface area contributed by atoms with Crippen LogP contribution >= 0.6 is 24.0 Å². The van der Waals surface area contributed by atoms with Crippen molar-refractivity contribution in [2.75, 3.05) is 0 Å². The number of aromatic amines is 1. The van der Waals surface area contributed by atoms with Crippen molar-refractivity contribution in [3.05, 3.63) is 34.5 Å². The zero-order valence-electron chi connectivity index (χ0n) is 9.38. The molecule has 0 aliphatic rings. The van der Waals surface area contributed by atoms with Gasteiger partial charge in [0.2, 0.25) is 0 Å². The summed E-state index contributed by atoms with van der Waals surface area (Å²) in [7, 11) is 0. The van der Waals surface area contributed by atoms with Gasteiger partial charge in [0, 0.05) is 28.6 Å². The first-order valence-electron chi connectivity index (χ1n) is 5.10. The number of aromatic nitrogens is 1. The van der Waals surface area contributed by atoms with Crippen LogP contribution in [0.3, 0.4) is 0 Å². The predicted octanol–water partition coefficient (Wildman–Crippen LogP) is 3.44. The average molecular weight is 259 g/mol. The largest absolute Gasteiger partial charge is 0.358 e. The number of nitrogens with two attached hydrogens (primary N) is 1. The standard InChI is InChI=1S/C12H15ClN2.ClH/c1-7(14)5-10-6-9-3-4-11(13)8(2)12(9)15-10;/h3-4,6-7,15H,5,14H2,1-2H3;1H. The second-order valence-electron chi connectivity index (χ2n) is 4.11. The monoisotopic (exact) mass is 258 g/mol. The number of fused-ring (bicyclic) bond motifs is 1. The van der Waals surface area contributed by atoms with Crippen LogP contribution in [0.2, 0.25) is 5.02 Å². The highest BCUT2D eigenvalue weighted by atomic mass is 35.5. The second kappa shape index (κ2) is 5.09. The van der Waals surface area contributed by atoms with Crippen molar-refractivity contribution in [3.63, 3.8) is 0 Å². The Balaban J connectivity index is 0.00000128. The summed E-state index contributed by atoms with van der Waals surface area (Å²) in [6.07, 6.45) is 0.867. The number of halogens is 2. The minimum absolute atomic E-state index is 0. The Kier molecular flexibility index (Phi) is 4.25. The molecule has 1 unspecified atom stereocenters. The van der Waals surface area contributed by atoms with E-state index in [-0.39, 0.29) is 18.4 Å². The summed E-state index contributed by atoms with van der Waals surface area (Å²) in [5, 5.41) is 2.00. The molecule has 0 saturated heterocycles. The predicted molar refractivity (Wildman–Crippen MR) is 72.6 cm³/mol. The van der Waals surface area contributed by atoms with E-state index >= 15 is 0 Å². The Morgan fingerprint density at radius 1 is 1.44 bits per heavy atom. The molecule has 1 aromatic heterocycles. The summed E-state index contributed by atoms with van der Waals surface area (Å²) < 4.78 is 0. The maximum absolute atomic E-state index is 6.06. The molecule has 2 nitrogen and oxygen atoms in total. The summed E-state index contributed by atoms with van der Waals surface area (Å²) in [5.41, 5.74) is 9.17. The van der Waals surface area contributed by atoms with Crippen molar-refractivity contribution in [1.29, 1.82) is 0 Å². The molecule has 2 rings (SSSR count). The molecule has 0 fully saturated rings. The van der Waals surface area contributed by atoms with Gasteiger partial charge in [-0.05, 0) is 31.5 Å². The number of benzene rings is 1. The maximum atomic E-state index is 6.06. The molecule has 0 aliphatic carbocycles. The zero-order valence-corrected chi connectivity index (χ0v) is 11.0. The highest BCUT2D eigenvalue weighted by molar-refractivity contribution is 6.32. The van der Waals surface area contributed by atoms with Crippen molar-refractivity contribution in [2.24, 2.45) is 5.73 Å². The van der Waals surface area contributed by atoms with Crippen molar-refractivity contribution < 1.29 is 0 Å². The average Bonchev–Trinajstić information content (AvgIpc) is 2.54. The Hall–Kier alpha value is -0.700. The van der Waals surface area contributed by atoms with Crippen LogP contribution in [-0.4, -0.2) is 11.0 Å². The van der Waals surface area contributed by atoms with Gasteiger partial charge in [-0.3, -0.25) is 0 Å².